The second-order valence-electron chi connectivity index (χ2n) is 14.8. The Balaban J connectivity index is 1.74. The first-order chi connectivity index (χ1) is 23.3. The van der Waals surface area contributed by atoms with Crippen molar-refractivity contribution in [3.05, 3.63) is 59.7 Å². The largest absolute Gasteiger partial charge is 0.379 e. The molecular formula is C40H62N4O5. The van der Waals surface area contributed by atoms with Gasteiger partial charge in [-0.15, -0.1) is 0 Å². The predicted molar refractivity (Wildman–Crippen MR) is 194 cm³/mol. The number of likely N-dealkylation sites (tertiary alicyclic amines) is 1. The monoisotopic (exact) mass is 678 g/mol. The Morgan fingerprint density at radius 2 is 1.67 bits per heavy atom. The third-order valence-corrected chi connectivity index (χ3v) is 10.7. The topological polar surface area (TPSA) is 102 Å². The number of likely N-dealkylation sites (N-methyl/N-ethyl adjacent to an activating group) is 1. The molecule has 2 amide bonds. The van der Waals surface area contributed by atoms with Gasteiger partial charge in [-0.1, -0.05) is 78.3 Å². The van der Waals surface area contributed by atoms with Gasteiger partial charge < -0.3 is 19.3 Å². The van der Waals surface area contributed by atoms with Crippen molar-refractivity contribution < 1.29 is 23.9 Å². The minimum Gasteiger partial charge on any atom is -0.379 e. The quantitative estimate of drug-likeness (QED) is 0.171. The molecule has 2 heterocycles. The Kier molecular flexibility index (Phi) is 15.8. The molecule has 9 nitrogen and oxygen atoms in total. The zero-order chi connectivity index (χ0) is 36.2. The Hall–Kier alpha value is -3.17. The van der Waals surface area contributed by atoms with E-state index < -0.39 is 12.2 Å². The summed E-state index contributed by atoms with van der Waals surface area (Å²) >= 11 is 0. The summed E-state index contributed by atoms with van der Waals surface area (Å²) in [6, 6.07) is 11.7. The third-order valence-electron chi connectivity index (χ3n) is 10.7. The zero-order valence-electron chi connectivity index (χ0n) is 31.7. The van der Waals surface area contributed by atoms with Crippen LogP contribution in [0, 0.1) is 36.5 Å². The number of rotatable bonds is 19. The maximum absolute atomic E-state index is 14.2. The Bertz CT molecular complexity index is 1340. The van der Waals surface area contributed by atoms with E-state index in [1.54, 1.807) is 20.5 Å². The molecule has 49 heavy (non-hydrogen) atoms. The number of amides is 2. The van der Waals surface area contributed by atoms with Crippen molar-refractivity contribution >= 4 is 17.6 Å². The average molecular weight is 679 g/mol. The molecule has 0 aliphatic carbocycles. The maximum atomic E-state index is 14.2. The summed E-state index contributed by atoms with van der Waals surface area (Å²) in [4.78, 5) is 54.2. The van der Waals surface area contributed by atoms with Crippen molar-refractivity contribution in [1.29, 1.82) is 0 Å². The minimum absolute atomic E-state index is 0.0263. The maximum Gasteiger partial charge on any atom is 0.226 e. The average Bonchev–Trinajstić information content (AvgIpc) is 3.56. The van der Waals surface area contributed by atoms with Gasteiger partial charge in [0.2, 0.25) is 11.8 Å². The van der Waals surface area contributed by atoms with Crippen LogP contribution in [0.1, 0.15) is 90.6 Å². The summed E-state index contributed by atoms with van der Waals surface area (Å²) < 4.78 is 12.1. The van der Waals surface area contributed by atoms with Gasteiger partial charge in [0.05, 0.1) is 30.7 Å². The van der Waals surface area contributed by atoms with Gasteiger partial charge in [0, 0.05) is 63.9 Å². The van der Waals surface area contributed by atoms with E-state index in [-0.39, 0.29) is 65.7 Å². The molecule has 0 radical (unpaired) electrons. The number of carbonyl (C=O) groups is 3. The summed E-state index contributed by atoms with van der Waals surface area (Å²) in [7, 11) is 5.13. The van der Waals surface area contributed by atoms with Crippen LogP contribution in [0.4, 0.5) is 0 Å². The van der Waals surface area contributed by atoms with Crippen LogP contribution in [-0.4, -0.2) is 89.5 Å². The highest BCUT2D eigenvalue weighted by molar-refractivity contribution is 5.82. The number of carbonyl (C=O) groups excluding carboxylic acids is 3. The second-order valence-corrected chi connectivity index (χ2v) is 14.8. The molecule has 3 rings (SSSR count). The first-order valence-electron chi connectivity index (χ1n) is 18.3. The van der Waals surface area contributed by atoms with Crippen LogP contribution in [0.25, 0.3) is 0 Å². The molecule has 0 spiro atoms. The molecule has 0 bridgehead atoms. The first-order valence-corrected chi connectivity index (χ1v) is 18.3. The van der Waals surface area contributed by atoms with E-state index in [9.17, 15) is 14.4 Å². The fourth-order valence-electron chi connectivity index (χ4n) is 7.67. The molecule has 0 saturated carbocycles. The molecule has 1 fully saturated rings. The fraction of sp³-hybridized carbons (Fsp3) is 0.675. The molecule has 1 saturated heterocycles. The predicted octanol–water partition coefficient (Wildman–Crippen LogP) is 6.36. The van der Waals surface area contributed by atoms with Crippen molar-refractivity contribution in [2.24, 2.45) is 29.6 Å². The van der Waals surface area contributed by atoms with Gasteiger partial charge in [-0.2, -0.15) is 0 Å². The number of nitrogens with zero attached hydrogens (tertiary/aromatic N) is 4. The van der Waals surface area contributed by atoms with Gasteiger partial charge in [0.1, 0.15) is 12.1 Å². The summed E-state index contributed by atoms with van der Waals surface area (Å²) in [6.45, 7) is 15.0. The van der Waals surface area contributed by atoms with E-state index in [1.165, 1.54) is 5.56 Å². The van der Waals surface area contributed by atoms with Crippen LogP contribution in [0.5, 0.6) is 0 Å². The smallest absolute Gasteiger partial charge is 0.226 e. The van der Waals surface area contributed by atoms with Crippen LogP contribution in [0.15, 0.2) is 42.7 Å². The van der Waals surface area contributed by atoms with E-state index in [0.29, 0.717) is 19.4 Å². The lowest BCUT2D eigenvalue weighted by Gasteiger charge is -2.40. The summed E-state index contributed by atoms with van der Waals surface area (Å²) in [6.07, 6.45) is 5.09. The van der Waals surface area contributed by atoms with Crippen molar-refractivity contribution in [2.75, 3.05) is 27.8 Å². The molecule has 8 atom stereocenters. The van der Waals surface area contributed by atoms with Crippen molar-refractivity contribution in [1.82, 2.24) is 19.8 Å². The second kappa shape index (κ2) is 19.3. The normalized spacial score (nSPS) is 19.2. The van der Waals surface area contributed by atoms with Gasteiger partial charge >= 0.3 is 0 Å². The highest BCUT2D eigenvalue weighted by Crippen LogP contribution is 2.31. The molecule has 1 aliphatic rings. The lowest BCUT2D eigenvalue weighted by Crippen LogP contribution is -2.54. The third kappa shape index (κ3) is 10.9. The molecule has 0 N–H and O–H groups in total. The number of ether oxygens (including phenoxy) is 2. The fourth-order valence-corrected chi connectivity index (χ4v) is 7.67. The minimum atomic E-state index is -0.495. The van der Waals surface area contributed by atoms with Crippen molar-refractivity contribution in [3.8, 4) is 0 Å². The molecule has 2 aromatic rings. The zero-order valence-corrected chi connectivity index (χ0v) is 31.7. The lowest BCUT2D eigenvalue weighted by molar-refractivity contribution is -0.148. The highest BCUT2D eigenvalue weighted by atomic mass is 16.5. The molecule has 1 aromatic carbocycles. The van der Waals surface area contributed by atoms with E-state index in [0.717, 1.165) is 37.1 Å². The molecule has 1 aromatic heterocycles. The molecule has 272 valence electrons. The molecule has 9 heteroatoms. The number of Topliss-reactive ketones (excluding diaryl/α,β-unsaturated/α-hetero) is 1. The summed E-state index contributed by atoms with van der Waals surface area (Å²) in [5.41, 5.74) is 2.94. The molecule has 0 unspecified atom stereocenters. The number of hydrogen-bond donors (Lipinski definition) is 0. The number of aromatic nitrogens is 2. The van der Waals surface area contributed by atoms with Crippen molar-refractivity contribution in [3.63, 3.8) is 0 Å². The lowest BCUT2D eigenvalue weighted by atomic mass is 9.85. The van der Waals surface area contributed by atoms with Crippen molar-refractivity contribution in [2.45, 2.75) is 118 Å². The van der Waals surface area contributed by atoms with Crippen LogP contribution in [0.3, 0.4) is 0 Å². The number of ketones is 1. The number of benzene rings is 1. The standard InChI is InChI=1S/C40H62N4O5/c1-11-28(5)38(43(8)40(47)33(26(2)3)23-32-22-29(6)41-25-42-32)36(48-9)24-37(46)44-19-15-18-34(44)39(49-10)30(7)35(45)21-27(4)20-31-16-13-12-14-17-31/h12-14,16-17,22,25-28,30,33-34,36,38-39H,11,15,18-21,23-24H2,1-10H3/t27-,28+,30+,33+,34+,36-,38+,39-/m1/s1. The molecular weight excluding hydrogens is 616 g/mol. The van der Waals surface area contributed by atoms with Crippen LogP contribution < -0.4 is 0 Å². The Labute approximate surface area is 295 Å². The SMILES string of the molecule is CC[C@H](C)[C@@H]([C@@H](CC(=O)N1CCC[C@H]1[C@H](OC)[C@@H](C)C(=O)C[C@H](C)Cc1ccccc1)OC)N(C)C(=O)[C@@H](Cc1cc(C)ncn1)C(C)C. The number of methoxy groups -OCH3 is 2. The van der Waals surface area contributed by atoms with E-state index >= 15 is 0 Å². The Morgan fingerprint density at radius 1 is 0.980 bits per heavy atom. The Morgan fingerprint density at radius 3 is 2.27 bits per heavy atom. The van der Waals surface area contributed by atoms with Gasteiger partial charge in [0.15, 0.2) is 0 Å². The summed E-state index contributed by atoms with van der Waals surface area (Å²) in [5.74, 6) is -0.0699. The van der Waals surface area contributed by atoms with Crippen LogP contribution in [-0.2, 0) is 36.7 Å². The van der Waals surface area contributed by atoms with E-state index in [4.69, 9.17) is 9.47 Å². The highest BCUT2D eigenvalue weighted by Gasteiger charge is 2.42. The first kappa shape index (κ1) is 40.3. The van der Waals surface area contributed by atoms with Gasteiger partial charge in [0.25, 0.3) is 0 Å². The van der Waals surface area contributed by atoms with E-state index in [2.05, 4.69) is 56.7 Å². The number of hydrogen-bond acceptors (Lipinski definition) is 7. The van der Waals surface area contributed by atoms with Gasteiger partial charge in [-0.25, -0.2) is 9.97 Å². The van der Waals surface area contributed by atoms with Crippen LogP contribution in [0.2, 0.25) is 0 Å². The van der Waals surface area contributed by atoms with Gasteiger partial charge in [-0.05, 0) is 55.6 Å². The molecule has 1 aliphatic heterocycles. The summed E-state index contributed by atoms with van der Waals surface area (Å²) in [5, 5.41) is 0. The number of aryl methyl sites for hydroxylation is 1. The van der Waals surface area contributed by atoms with E-state index in [1.807, 2.05) is 55.0 Å². The van der Waals surface area contributed by atoms with Crippen LogP contribution >= 0.6 is 0 Å². The van der Waals surface area contributed by atoms with Gasteiger partial charge in [-0.3, -0.25) is 14.4 Å².